The highest BCUT2D eigenvalue weighted by Gasteiger charge is 2.18. The number of thiophene rings is 1. The summed E-state index contributed by atoms with van der Waals surface area (Å²) < 4.78 is 1.46. The lowest BCUT2D eigenvalue weighted by molar-refractivity contribution is 0.590. The van der Waals surface area contributed by atoms with Crippen LogP contribution in [0, 0.1) is 0 Å². The molecule has 1 atom stereocenters. The Kier molecular flexibility index (Phi) is 4.67. The van der Waals surface area contributed by atoms with Crippen molar-refractivity contribution in [2.75, 3.05) is 0 Å². The molecule has 0 spiro atoms. The first-order valence-corrected chi connectivity index (χ1v) is 8.47. The van der Waals surface area contributed by atoms with Gasteiger partial charge in [-0.25, -0.2) is 0 Å². The molecule has 0 aliphatic carbocycles. The summed E-state index contributed by atoms with van der Waals surface area (Å²) in [5, 5.41) is 0. The number of hydrogen-bond acceptors (Lipinski definition) is 1. The Morgan fingerprint density at radius 1 is 1.11 bits per heavy atom. The number of rotatable bonds is 2. The largest absolute Gasteiger partial charge is 0.111 e. The third-order valence-corrected chi connectivity index (χ3v) is 5.57. The fraction of sp³-hybridized carbons (Fsp3) is 0.333. The molecule has 0 aliphatic heterocycles. The molecule has 1 heterocycles. The average molecular weight is 378 g/mol. The van der Waals surface area contributed by atoms with Gasteiger partial charge in [-0.15, -0.1) is 11.3 Å². The lowest BCUT2D eigenvalue weighted by Crippen LogP contribution is -2.10. The van der Waals surface area contributed by atoms with E-state index in [0.717, 1.165) is 14.2 Å². The number of benzene rings is 1. The maximum absolute atomic E-state index is 6.20. The Labute approximate surface area is 136 Å². The van der Waals surface area contributed by atoms with Gasteiger partial charge in [0.05, 0.1) is 13.5 Å². The van der Waals surface area contributed by atoms with Gasteiger partial charge in [0, 0.05) is 5.56 Å². The van der Waals surface area contributed by atoms with Crippen LogP contribution in [-0.2, 0) is 5.41 Å². The molecule has 0 aliphatic rings. The second kappa shape index (κ2) is 5.77. The topological polar surface area (TPSA) is 0 Å². The van der Waals surface area contributed by atoms with Gasteiger partial charge in [0.15, 0.2) is 0 Å². The Morgan fingerprint density at radius 3 is 2.11 bits per heavy atom. The van der Waals surface area contributed by atoms with E-state index in [4.69, 9.17) is 23.2 Å². The number of hydrogen-bond donors (Lipinski definition) is 0. The van der Waals surface area contributed by atoms with Crippen LogP contribution in [0.25, 0.3) is 0 Å². The fourth-order valence-electron chi connectivity index (χ4n) is 1.86. The zero-order chi connectivity index (χ0) is 14.2. The zero-order valence-corrected chi connectivity index (χ0v) is 14.9. The second-order valence-corrected chi connectivity index (χ2v) is 8.72. The zero-order valence-electron chi connectivity index (χ0n) is 11.0. The average Bonchev–Trinajstić information content (AvgIpc) is 2.66. The van der Waals surface area contributed by atoms with Gasteiger partial charge in [-0.05, 0) is 22.6 Å². The molecule has 2 rings (SSSR count). The number of halogens is 3. The first kappa shape index (κ1) is 15.4. The van der Waals surface area contributed by atoms with Crippen LogP contribution in [0.1, 0.15) is 42.3 Å². The van der Waals surface area contributed by atoms with E-state index in [2.05, 4.69) is 61.0 Å². The van der Waals surface area contributed by atoms with E-state index < -0.39 is 0 Å². The summed E-state index contributed by atoms with van der Waals surface area (Å²) in [5.41, 5.74) is 3.71. The number of alkyl halides is 1. The molecule has 0 radical (unpaired) electrons. The highest BCUT2D eigenvalue weighted by molar-refractivity contribution is 9.09. The molecule has 102 valence electrons. The highest BCUT2D eigenvalue weighted by atomic mass is 79.9. The molecule has 1 aromatic carbocycles. The minimum Gasteiger partial charge on any atom is -0.111 e. The van der Waals surface area contributed by atoms with E-state index in [9.17, 15) is 0 Å². The lowest BCUT2D eigenvalue weighted by atomic mass is 9.86. The maximum Gasteiger partial charge on any atom is 0.0990 e. The minimum atomic E-state index is 0.0813. The molecule has 1 aromatic heterocycles. The van der Waals surface area contributed by atoms with Crippen molar-refractivity contribution in [3.8, 4) is 0 Å². The van der Waals surface area contributed by atoms with E-state index in [1.165, 1.54) is 22.5 Å². The van der Waals surface area contributed by atoms with Crippen LogP contribution in [-0.4, -0.2) is 0 Å². The van der Waals surface area contributed by atoms with Crippen molar-refractivity contribution in [1.82, 2.24) is 0 Å². The molecule has 0 saturated heterocycles. The van der Waals surface area contributed by atoms with E-state index >= 15 is 0 Å². The molecule has 0 saturated carbocycles. The molecule has 0 fully saturated rings. The summed E-state index contributed by atoms with van der Waals surface area (Å²) in [6, 6.07) is 10.5. The quantitative estimate of drug-likeness (QED) is 0.502. The summed E-state index contributed by atoms with van der Waals surface area (Å²) in [7, 11) is 0. The molecule has 0 bridgehead atoms. The van der Waals surface area contributed by atoms with Crippen LogP contribution in [0.2, 0.25) is 8.67 Å². The van der Waals surface area contributed by atoms with Gasteiger partial charge in [-0.2, -0.15) is 0 Å². The molecule has 0 amide bonds. The van der Waals surface area contributed by atoms with Crippen molar-refractivity contribution in [3.63, 3.8) is 0 Å². The Bertz CT molecular complexity index is 567. The van der Waals surface area contributed by atoms with Crippen LogP contribution >= 0.6 is 50.5 Å². The van der Waals surface area contributed by atoms with Gasteiger partial charge in [-0.3, -0.25) is 0 Å². The molecule has 0 N–H and O–H groups in total. The third-order valence-electron chi connectivity index (χ3n) is 3.03. The monoisotopic (exact) mass is 376 g/mol. The van der Waals surface area contributed by atoms with Crippen molar-refractivity contribution in [2.24, 2.45) is 0 Å². The normalized spacial score (nSPS) is 13.6. The van der Waals surface area contributed by atoms with Crippen LogP contribution in [0.15, 0.2) is 30.3 Å². The second-order valence-electron chi connectivity index (χ2n) is 5.51. The van der Waals surface area contributed by atoms with Crippen LogP contribution < -0.4 is 0 Å². The van der Waals surface area contributed by atoms with E-state index in [0.29, 0.717) is 0 Å². The van der Waals surface area contributed by atoms with Gasteiger partial charge in [0.25, 0.3) is 0 Å². The van der Waals surface area contributed by atoms with Crippen molar-refractivity contribution in [3.05, 3.63) is 55.7 Å². The maximum atomic E-state index is 6.20. The summed E-state index contributed by atoms with van der Waals surface area (Å²) in [6.45, 7) is 6.63. The van der Waals surface area contributed by atoms with E-state index in [1.807, 2.05) is 6.07 Å². The van der Waals surface area contributed by atoms with Gasteiger partial charge >= 0.3 is 0 Å². The summed E-state index contributed by atoms with van der Waals surface area (Å²) in [4.78, 5) is 0.0813. The fourth-order valence-corrected chi connectivity index (χ4v) is 4.34. The van der Waals surface area contributed by atoms with Gasteiger partial charge < -0.3 is 0 Å². The predicted molar refractivity (Wildman–Crippen MR) is 90.3 cm³/mol. The molecule has 4 heteroatoms. The van der Waals surface area contributed by atoms with Crippen LogP contribution in [0.4, 0.5) is 0 Å². The minimum absolute atomic E-state index is 0.0813. The lowest BCUT2D eigenvalue weighted by Gasteiger charge is -2.20. The smallest absolute Gasteiger partial charge is 0.0990 e. The third kappa shape index (κ3) is 3.55. The Hall–Kier alpha value is -0.0200. The summed E-state index contributed by atoms with van der Waals surface area (Å²) in [6.07, 6.45) is 0. The molecule has 1 unspecified atom stereocenters. The summed E-state index contributed by atoms with van der Waals surface area (Å²) in [5.74, 6) is 0. The van der Waals surface area contributed by atoms with Crippen LogP contribution in [0.3, 0.4) is 0 Å². The molecular formula is C15H15BrCl2S. The molecule has 2 aromatic rings. The van der Waals surface area contributed by atoms with E-state index in [1.54, 1.807) is 0 Å². The van der Waals surface area contributed by atoms with Crippen molar-refractivity contribution >= 4 is 50.5 Å². The van der Waals surface area contributed by atoms with Gasteiger partial charge in [-0.1, -0.05) is 84.2 Å². The Balaban J connectivity index is 2.30. The van der Waals surface area contributed by atoms with Gasteiger partial charge in [0.1, 0.15) is 0 Å². The molecular weight excluding hydrogens is 363 g/mol. The molecule has 19 heavy (non-hydrogen) atoms. The highest BCUT2D eigenvalue weighted by Crippen LogP contribution is 2.41. The van der Waals surface area contributed by atoms with Crippen molar-refractivity contribution in [2.45, 2.75) is 31.0 Å². The standard InChI is InChI=1S/C15H15BrCl2S/c1-15(2,3)10-6-4-9(5-7-10)13(16)11-8-12(17)19-14(11)18/h4-8,13H,1-3H3. The van der Waals surface area contributed by atoms with Crippen LogP contribution in [0.5, 0.6) is 0 Å². The van der Waals surface area contributed by atoms with E-state index in [-0.39, 0.29) is 10.2 Å². The Morgan fingerprint density at radius 2 is 1.68 bits per heavy atom. The first-order valence-electron chi connectivity index (χ1n) is 5.98. The summed E-state index contributed by atoms with van der Waals surface area (Å²) >= 11 is 17.3. The SMILES string of the molecule is CC(C)(C)c1ccc(C(Br)c2cc(Cl)sc2Cl)cc1. The first-order chi connectivity index (χ1) is 8.79. The molecule has 0 nitrogen and oxygen atoms in total. The van der Waals surface area contributed by atoms with Crippen molar-refractivity contribution < 1.29 is 0 Å². The predicted octanol–water partition coefficient (Wildman–Crippen LogP) is 6.84. The van der Waals surface area contributed by atoms with Gasteiger partial charge in [0.2, 0.25) is 0 Å². The van der Waals surface area contributed by atoms with Crippen molar-refractivity contribution in [1.29, 1.82) is 0 Å².